The number of carbonyl (C=O) groups is 1. The summed E-state index contributed by atoms with van der Waals surface area (Å²) in [7, 11) is 1.61. The molecule has 2 N–H and O–H groups in total. The van der Waals surface area contributed by atoms with E-state index in [9.17, 15) is 4.79 Å². The first kappa shape index (κ1) is 16.8. The van der Waals surface area contributed by atoms with Crippen LogP contribution in [-0.2, 0) is 6.42 Å². The Morgan fingerprint density at radius 2 is 2.00 bits per heavy atom. The number of carbonyl (C=O) groups excluding carboxylic acids is 1. The maximum absolute atomic E-state index is 12.3. The molecule has 0 saturated carbocycles. The maximum atomic E-state index is 12.3. The number of hydrogen-bond acceptors (Lipinski definition) is 4. The van der Waals surface area contributed by atoms with Gasteiger partial charge in [-0.2, -0.15) is 0 Å². The highest BCUT2D eigenvalue weighted by Crippen LogP contribution is 2.18. The number of aromatic amines is 1. The second-order valence-corrected chi connectivity index (χ2v) is 6.11. The van der Waals surface area contributed by atoms with Gasteiger partial charge in [-0.1, -0.05) is 23.4 Å². The SMILES string of the molecule is COc1ccc(-n2cc(C(=O)NCCc3c[nH]c4ccccc34)nn2)cc1. The average Bonchev–Trinajstić information content (AvgIpc) is 3.36. The molecule has 0 unspecified atom stereocenters. The minimum Gasteiger partial charge on any atom is -0.497 e. The van der Waals surface area contributed by atoms with E-state index < -0.39 is 0 Å². The fraction of sp³-hybridized carbons (Fsp3) is 0.150. The minimum atomic E-state index is -0.241. The number of hydrogen-bond donors (Lipinski definition) is 2. The van der Waals surface area contributed by atoms with Crippen LogP contribution in [0.4, 0.5) is 0 Å². The molecule has 0 radical (unpaired) electrons. The summed E-state index contributed by atoms with van der Waals surface area (Å²) in [5.41, 5.74) is 3.36. The van der Waals surface area contributed by atoms with Gasteiger partial charge in [0.05, 0.1) is 19.0 Å². The Morgan fingerprint density at radius 1 is 1.19 bits per heavy atom. The number of aromatic nitrogens is 4. The van der Waals surface area contributed by atoms with E-state index in [1.54, 1.807) is 18.0 Å². The zero-order valence-electron chi connectivity index (χ0n) is 14.8. The predicted molar refractivity (Wildman–Crippen MR) is 102 cm³/mol. The van der Waals surface area contributed by atoms with Crippen molar-refractivity contribution < 1.29 is 9.53 Å². The van der Waals surface area contributed by atoms with Gasteiger partial charge in [0.25, 0.3) is 5.91 Å². The zero-order valence-corrected chi connectivity index (χ0v) is 14.8. The number of fused-ring (bicyclic) bond motifs is 1. The number of para-hydroxylation sites is 1. The Hall–Kier alpha value is -3.61. The first-order valence-corrected chi connectivity index (χ1v) is 8.64. The molecule has 0 atom stereocenters. The minimum absolute atomic E-state index is 0.241. The lowest BCUT2D eigenvalue weighted by atomic mass is 10.1. The number of ether oxygens (including phenoxy) is 1. The molecule has 0 aliphatic rings. The van der Waals surface area contributed by atoms with Gasteiger partial charge in [0.2, 0.25) is 0 Å². The smallest absolute Gasteiger partial charge is 0.273 e. The number of benzene rings is 2. The summed E-state index contributed by atoms with van der Waals surface area (Å²) in [4.78, 5) is 15.6. The molecule has 0 aliphatic carbocycles. The van der Waals surface area contributed by atoms with Gasteiger partial charge in [0, 0.05) is 23.6 Å². The lowest BCUT2D eigenvalue weighted by molar-refractivity contribution is 0.0949. The number of methoxy groups -OCH3 is 1. The Labute approximate surface area is 156 Å². The Balaban J connectivity index is 1.38. The van der Waals surface area contributed by atoms with Crippen molar-refractivity contribution in [3.05, 3.63) is 72.2 Å². The van der Waals surface area contributed by atoms with Crippen LogP contribution in [0.5, 0.6) is 5.75 Å². The van der Waals surface area contributed by atoms with E-state index in [1.165, 1.54) is 10.9 Å². The van der Waals surface area contributed by atoms with Crippen LogP contribution in [0.15, 0.2) is 60.9 Å². The second kappa shape index (κ2) is 7.33. The number of H-pyrrole nitrogens is 1. The average molecular weight is 361 g/mol. The summed E-state index contributed by atoms with van der Waals surface area (Å²) in [5.74, 6) is 0.517. The van der Waals surface area contributed by atoms with E-state index in [-0.39, 0.29) is 11.6 Å². The quantitative estimate of drug-likeness (QED) is 0.553. The van der Waals surface area contributed by atoms with Crippen molar-refractivity contribution in [2.45, 2.75) is 6.42 Å². The molecule has 2 aromatic heterocycles. The van der Waals surface area contributed by atoms with Crippen molar-refractivity contribution in [1.29, 1.82) is 0 Å². The van der Waals surface area contributed by atoms with Gasteiger partial charge in [-0.05, 0) is 42.3 Å². The number of rotatable bonds is 6. The molecule has 0 saturated heterocycles. The van der Waals surface area contributed by atoms with E-state index in [4.69, 9.17) is 4.74 Å². The molecule has 4 rings (SSSR count). The first-order chi connectivity index (χ1) is 13.2. The largest absolute Gasteiger partial charge is 0.497 e. The van der Waals surface area contributed by atoms with Gasteiger partial charge in [0.1, 0.15) is 5.75 Å². The molecule has 2 heterocycles. The monoisotopic (exact) mass is 361 g/mol. The molecule has 7 heteroatoms. The molecule has 0 bridgehead atoms. The van der Waals surface area contributed by atoms with E-state index in [1.807, 2.05) is 48.7 Å². The molecule has 136 valence electrons. The normalized spacial score (nSPS) is 10.9. The highest BCUT2D eigenvalue weighted by atomic mass is 16.5. The molecule has 2 aromatic carbocycles. The molecular weight excluding hydrogens is 342 g/mol. The molecular formula is C20H19N5O2. The number of amides is 1. The standard InChI is InChI=1S/C20H19N5O2/c1-27-16-8-6-15(7-9-16)25-13-19(23-24-25)20(26)21-11-10-14-12-22-18-5-3-2-4-17(14)18/h2-9,12-13,22H,10-11H2,1H3,(H,21,26). The third-order valence-corrected chi connectivity index (χ3v) is 4.42. The predicted octanol–water partition coefficient (Wildman–Crippen LogP) is 2.73. The Kier molecular flexibility index (Phi) is 4.57. The van der Waals surface area contributed by atoms with Gasteiger partial charge >= 0.3 is 0 Å². The van der Waals surface area contributed by atoms with Crippen molar-refractivity contribution >= 4 is 16.8 Å². The summed E-state index contributed by atoms with van der Waals surface area (Å²) in [6, 6.07) is 15.5. The number of nitrogens with zero attached hydrogens (tertiary/aromatic N) is 3. The third kappa shape index (κ3) is 3.52. The van der Waals surface area contributed by atoms with Crippen molar-refractivity contribution in [2.75, 3.05) is 13.7 Å². The molecule has 1 amide bonds. The van der Waals surface area contributed by atoms with Crippen LogP contribution in [0.2, 0.25) is 0 Å². The van der Waals surface area contributed by atoms with Crippen LogP contribution >= 0.6 is 0 Å². The lowest BCUT2D eigenvalue weighted by Gasteiger charge is -2.03. The molecule has 0 aliphatic heterocycles. The maximum Gasteiger partial charge on any atom is 0.273 e. The van der Waals surface area contributed by atoms with Crippen molar-refractivity contribution in [1.82, 2.24) is 25.3 Å². The van der Waals surface area contributed by atoms with Crippen LogP contribution in [0, 0.1) is 0 Å². The second-order valence-electron chi connectivity index (χ2n) is 6.11. The van der Waals surface area contributed by atoms with Crippen LogP contribution in [0.3, 0.4) is 0 Å². The topological polar surface area (TPSA) is 84.8 Å². The summed E-state index contributed by atoms with van der Waals surface area (Å²) >= 11 is 0. The number of nitrogens with one attached hydrogen (secondary N) is 2. The van der Waals surface area contributed by atoms with Gasteiger partial charge < -0.3 is 15.0 Å². The molecule has 0 spiro atoms. The van der Waals surface area contributed by atoms with Crippen molar-refractivity contribution in [2.24, 2.45) is 0 Å². The summed E-state index contributed by atoms with van der Waals surface area (Å²) < 4.78 is 6.70. The zero-order chi connectivity index (χ0) is 18.6. The van der Waals surface area contributed by atoms with Gasteiger partial charge in [-0.15, -0.1) is 5.10 Å². The van der Waals surface area contributed by atoms with E-state index >= 15 is 0 Å². The van der Waals surface area contributed by atoms with Crippen LogP contribution < -0.4 is 10.1 Å². The fourth-order valence-electron chi connectivity index (χ4n) is 2.97. The van der Waals surface area contributed by atoms with Crippen molar-refractivity contribution in [3.8, 4) is 11.4 Å². The lowest BCUT2D eigenvalue weighted by Crippen LogP contribution is -2.26. The van der Waals surface area contributed by atoms with Crippen molar-refractivity contribution in [3.63, 3.8) is 0 Å². The Morgan fingerprint density at radius 3 is 2.81 bits per heavy atom. The van der Waals surface area contributed by atoms with Gasteiger partial charge in [-0.3, -0.25) is 4.79 Å². The van der Waals surface area contributed by atoms with Gasteiger partial charge in [-0.25, -0.2) is 4.68 Å². The third-order valence-electron chi connectivity index (χ3n) is 4.42. The Bertz CT molecular complexity index is 1070. The molecule has 0 fully saturated rings. The fourth-order valence-corrected chi connectivity index (χ4v) is 2.97. The van der Waals surface area contributed by atoms with E-state index in [0.29, 0.717) is 6.54 Å². The van der Waals surface area contributed by atoms with Crippen LogP contribution in [0.1, 0.15) is 16.1 Å². The van der Waals surface area contributed by atoms with Crippen LogP contribution in [0.25, 0.3) is 16.6 Å². The highest BCUT2D eigenvalue weighted by Gasteiger charge is 2.12. The highest BCUT2D eigenvalue weighted by molar-refractivity contribution is 5.92. The first-order valence-electron chi connectivity index (χ1n) is 8.64. The van der Waals surface area contributed by atoms with Gasteiger partial charge in [0.15, 0.2) is 5.69 Å². The molecule has 27 heavy (non-hydrogen) atoms. The van der Waals surface area contributed by atoms with Crippen LogP contribution in [-0.4, -0.2) is 39.5 Å². The summed E-state index contributed by atoms with van der Waals surface area (Å²) in [5, 5.41) is 12.1. The van der Waals surface area contributed by atoms with E-state index in [0.717, 1.165) is 23.4 Å². The molecule has 4 aromatic rings. The summed E-state index contributed by atoms with van der Waals surface area (Å²) in [6.45, 7) is 0.524. The molecule has 7 nitrogen and oxygen atoms in total. The summed E-state index contributed by atoms with van der Waals surface area (Å²) in [6.07, 6.45) is 4.34. The van der Waals surface area contributed by atoms with E-state index in [2.05, 4.69) is 26.7 Å².